The summed E-state index contributed by atoms with van der Waals surface area (Å²) in [5.74, 6) is 0.906. The lowest BCUT2D eigenvalue weighted by Gasteiger charge is -2.20. The predicted octanol–water partition coefficient (Wildman–Crippen LogP) is 4.06. The van der Waals surface area contributed by atoms with Gasteiger partial charge in [0.2, 0.25) is 0 Å². The molecule has 0 aliphatic carbocycles. The lowest BCUT2D eigenvalue weighted by molar-refractivity contribution is 0.524. The van der Waals surface area contributed by atoms with Crippen LogP contribution in [-0.4, -0.2) is 0 Å². The third-order valence-electron chi connectivity index (χ3n) is 3.60. The molecule has 2 nitrogen and oxygen atoms in total. The zero-order valence-electron chi connectivity index (χ0n) is 12.1. The van der Waals surface area contributed by atoms with Crippen LogP contribution in [0.15, 0.2) is 16.5 Å². The van der Waals surface area contributed by atoms with Crippen LogP contribution in [0.2, 0.25) is 0 Å². The minimum atomic E-state index is 0.0829. The lowest BCUT2D eigenvalue weighted by atomic mass is 9.84. The Balaban J connectivity index is 2.83. The molecule has 0 radical (unpaired) electrons. The number of hydrogen-bond donors (Lipinski definition) is 1. The van der Waals surface area contributed by atoms with E-state index in [0.29, 0.717) is 6.54 Å². The van der Waals surface area contributed by atoms with E-state index in [1.165, 1.54) is 22.1 Å². The van der Waals surface area contributed by atoms with Crippen LogP contribution >= 0.6 is 0 Å². The van der Waals surface area contributed by atoms with Gasteiger partial charge in [-0.3, -0.25) is 0 Å². The summed E-state index contributed by atoms with van der Waals surface area (Å²) >= 11 is 0. The highest BCUT2D eigenvalue weighted by atomic mass is 16.3. The molecule has 0 bridgehead atoms. The Labute approximate surface area is 109 Å². The van der Waals surface area contributed by atoms with E-state index in [1.807, 2.05) is 0 Å². The average Bonchev–Trinajstić information content (AvgIpc) is 2.64. The molecule has 2 rings (SSSR count). The van der Waals surface area contributed by atoms with E-state index in [-0.39, 0.29) is 5.41 Å². The third-order valence-corrected chi connectivity index (χ3v) is 3.60. The number of furan rings is 1. The molecule has 1 aromatic carbocycles. The molecule has 0 atom stereocenters. The van der Waals surface area contributed by atoms with Crippen LogP contribution in [-0.2, 0) is 18.4 Å². The highest BCUT2D eigenvalue weighted by Gasteiger charge is 2.22. The number of aryl methyl sites for hydroxylation is 2. The first-order chi connectivity index (χ1) is 8.38. The fraction of sp³-hybridized carbons (Fsp3) is 0.500. The standard InChI is InChI=1S/C16H23NO/c1-6-11-7-12-10(2)14(9-17)18-15(12)13(8-11)16(3,4)5/h7-8H,6,9,17H2,1-5H3. The first-order valence-electron chi connectivity index (χ1n) is 6.64. The zero-order chi connectivity index (χ0) is 13.5. The van der Waals surface area contributed by atoms with Crippen LogP contribution < -0.4 is 5.73 Å². The van der Waals surface area contributed by atoms with Crippen molar-refractivity contribution in [2.45, 2.75) is 53.0 Å². The largest absolute Gasteiger partial charge is 0.459 e. The molecule has 98 valence electrons. The summed E-state index contributed by atoms with van der Waals surface area (Å²) in [5.41, 5.74) is 10.7. The number of fused-ring (bicyclic) bond motifs is 1. The number of hydrogen-bond acceptors (Lipinski definition) is 2. The van der Waals surface area contributed by atoms with E-state index in [1.54, 1.807) is 0 Å². The average molecular weight is 245 g/mol. The molecule has 0 fully saturated rings. The Morgan fingerprint density at radius 3 is 2.39 bits per heavy atom. The highest BCUT2D eigenvalue weighted by Crippen LogP contribution is 2.35. The molecule has 0 saturated carbocycles. The number of nitrogens with two attached hydrogens (primary N) is 1. The van der Waals surface area contributed by atoms with Gasteiger partial charge < -0.3 is 10.2 Å². The van der Waals surface area contributed by atoms with Crippen LogP contribution in [0.5, 0.6) is 0 Å². The van der Waals surface area contributed by atoms with E-state index in [0.717, 1.165) is 17.8 Å². The minimum Gasteiger partial charge on any atom is -0.459 e. The summed E-state index contributed by atoms with van der Waals surface area (Å²) in [6.45, 7) is 11.4. The van der Waals surface area contributed by atoms with Crippen LogP contribution in [0.4, 0.5) is 0 Å². The maximum Gasteiger partial charge on any atom is 0.138 e. The quantitative estimate of drug-likeness (QED) is 0.866. The van der Waals surface area contributed by atoms with Crippen molar-refractivity contribution in [1.29, 1.82) is 0 Å². The van der Waals surface area contributed by atoms with Crippen molar-refractivity contribution in [2.24, 2.45) is 5.73 Å². The third kappa shape index (κ3) is 2.05. The summed E-state index contributed by atoms with van der Waals surface area (Å²) < 4.78 is 5.98. The van der Waals surface area contributed by atoms with E-state index >= 15 is 0 Å². The van der Waals surface area contributed by atoms with E-state index in [4.69, 9.17) is 10.2 Å². The molecule has 0 aliphatic heterocycles. The van der Waals surface area contributed by atoms with Crippen molar-refractivity contribution in [1.82, 2.24) is 0 Å². The molecule has 0 aliphatic rings. The van der Waals surface area contributed by atoms with Crippen molar-refractivity contribution in [3.05, 3.63) is 34.6 Å². The molecular weight excluding hydrogens is 222 g/mol. The fourth-order valence-corrected chi connectivity index (χ4v) is 2.38. The van der Waals surface area contributed by atoms with Gasteiger partial charge >= 0.3 is 0 Å². The molecule has 2 heteroatoms. The van der Waals surface area contributed by atoms with Crippen LogP contribution in [0.1, 0.15) is 50.1 Å². The molecule has 2 N–H and O–H groups in total. The van der Waals surface area contributed by atoms with Crippen molar-refractivity contribution in [3.63, 3.8) is 0 Å². The van der Waals surface area contributed by atoms with Gasteiger partial charge in [-0.2, -0.15) is 0 Å². The lowest BCUT2D eigenvalue weighted by Crippen LogP contribution is -2.11. The summed E-state index contributed by atoms with van der Waals surface area (Å²) in [6, 6.07) is 4.51. The zero-order valence-corrected chi connectivity index (χ0v) is 12.1. The molecule has 0 spiro atoms. The predicted molar refractivity (Wildman–Crippen MR) is 76.9 cm³/mol. The van der Waals surface area contributed by atoms with Crippen LogP contribution in [0.3, 0.4) is 0 Å². The summed E-state index contributed by atoms with van der Waals surface area (Å²) in [5, 5.41) is 1.22. The Morgan fingerprint density at radius 1 is 1.22 bits per heavy atom. The van der Waals surface area contributed by atoms with Gasteiger partial charge in [0, 0.05) is 10.9 Å². The van der Waals surface area contributed by atoms with Crippen molar-refractivity contribution >= 4 is 11.0 Å². The first kappa shape index (κ1) is 13.2. The maximum atomic E-state index is 5.98. The van der Waals surface area contributed by atoms with Crippen molar-refractivity contribution in [3.8, 4) is 0 Å². The van der Waals surface area contributed by atoms with Crippen LogP contribution in [0.25, 0.3) is 11.0 Å². The maximum absolute atomic E-state index is 5.98. The fourth-order valence-electron chi connectivity index (χ4n) is 2.38. The first-order valence-corrected chi connectivity index (χ1v) is 6.64. The van der Waals surface area contributed by atoms with Crippen molar-refractivity contribution < 1.29 is 4.42 Å². The second-order valence-corrected chi connectivity index (χ2v) is 5.98. The van der Waals surface area contributed by atoms with E-state index in [9.17, 15) is 0 Å². The number of benzene rings is 1. The highest BCUT2D eigenvalue weighted by molar-refractivity contribution is 5.86. The second-order valence-electron chi connectivity index (χ2n) is 5.98. The van der Waals surface area contributed by atoms with E-state index < -0.39 is 0 Å². The van der Waals surface area contributed by atoms with E-state index in [2.05, 4.69) is 46.8 Å². The normalized spacial score (nSPS) is 12.3. The SMILES string of the molecule is CCc1cc(C(C)(C)C)c2oc(CN)c(C)c2c1. The molecule has 2 aromatic rings. The smallest absolute Gasteiger partial charge is 0.138 e. The molecular formula is C16H23NO. The number of rotatable bonds is 2. The van der Waals surface area contributed by atoms with Gasteiger partial charge in [0.05, 0.1) is 6.54 Å². The Morgan fingerprint density at radius 2 is 1.89 bits per heavy atom. The van der Waals surface area contributed by atoms with Gasteiger partial charge in [0.25, 0.3) is 0 Å². The Bertz CT molecular complexity index is 573. The van der Waals surface area contributed by atoms with Gasteiger partial charge in [-0.25, -0.2) is 0 Å². The van der Waals surface area contributed by atoms with Gasteiger partial charge in [0.1, 0.15) is 11.3 Å². The molecule has 18 heavy (non-hydrogen) atoms. The van der Waals surface area contributed by atoms with Crippen LogP contribution in [0, 0.1) is 6.92 Å². The van der Waals surface area contributed by atoms with Gasteiger partial charge in [-0.15, -0.1) is 0 Å². The summed E-state index contributed by atoms with van der Waals surface area (Å²) in [7, 11) is 0. The van der Waals surface area contributed by atoms with Gasteiger partial charge in [-0.05, 0) is 36.0 Å². The topological polar surface area (TPSA) is 39.2 Å². The van der Waals surface area contributed by atoms with Gasteiger partial charge in [0.15, 0.2) is 0 Å². The van der Waals surface area contributed by atoms with Crippen molar-refractivity contribution in [2.75, 3.05) is 0 Å². The molecule has 1 heterocycles. The second kappa shape index (κ2) is 4.43. The molecule has 0 unspecified atom stereocenters. The monoisotopic (exact) mass is 245 g/mol. The summed E-state index contributed by atoms with van der Waals surface area (Å²) in [6.07, 6.45) is 1.04. The van der Waals surface area contributed by atoms with Gasteiger partial charge in [-0.1, -0.05) is 33.8 Å². The molecule has 1 aromatic heterocycles. The Kier molecular flexibility index (Phi) is 3.24. The minimum absolute atomic E-state index is 0.0829. The summed E-state index contributed by atoms with van der Waals surface area (Å²) in [4.78, 5) is 0. The molecule has 0 amide bonds. The Hall–Kier alpha value is -1.28. The molecule has 0 saturated heterocycles.